The fourth-order valence-corrected chi connectivity index (χ4v) is 2.18. The summed E-state index contributed by atoms with van der Waals surface area (Å²) in [6.45, 7) is 0.876. The summed E-state index contributed by atoms with van der Waals surface area (Å²) in [5, 5.41) is 0. The van der Waals surface area contributed by atoms with Crippen LogP contribution in [-0.2, 0) is 4.79 Å². The van der Waals surface area contributed by atoms with Crippen LogP contribution in [0.4, 0.5) is 10.1 Å². The van der Waals surface area contributed by atoms with Gasteiger partial charge in [0.05, 0.1) is 12.1 Å². The van der Waals surface area contributed by atoms with Gasteiger partial charge < -0.3 is 10.6 Å². The molecule has 1 aliphatic heterocycles. The second-order valence-electron chi connectivity index (χ2n) is 4.53. The number of carbonyl (C=O) groups is 1. The fourth-order valence-electron chi connectivity index (χ4n) is 2.18. The molecule has 1 aromatic rings. The molecule has 0 atom stereocenters. The zero-order valence-electron chi connectivity index (χ0n) is 10.8. The van der Waals surface area contributed by atoms with Gasteiger partial charge in [0.15, 0.2) is 0 Å². The smallest absolute Gasteiger partial charge is 0.226 e. The molecule has 0 unspecified atom stereocenters. The molecule has 2 rings (SSSR count). The van der Waals surface area contributed by atoms with Crippen LogP contribution in [0.15, 0.2) is 18.2 Å². The molecule has 100 valence electrons. The molecule has 0 aliphatic carbocycles. The second-order valence-corrected chi connectivity index (χ2v) is 4.53. The minimum Gasteiger partial charge on any atom is -0.320 e. The van der Waals surface area contributed by atoms with Crippen molar-refractivity contribution >= 4 is 11.6 Å². The Morgan fingerprint density at radius 2 is 2.16 bits per heavy atom. The van der Waals surface area contributed by atoms with E-state index < -0.39 is 0 Å². The predicted molar refractivity (Wildman–Crippen MR) is 73.2 cm³/mol. The van der Waals surface area contributed by atoms with Crippen molar-refractivity contribution in [3.8, 4) is 11.8 Å². The van der Waals surface area contributed by atoms with Crippen LogP contribution in [0.2, 0.25) is 0 Å². The molecular formula is C15H17FN2O. The normalized spacial score (nSPS) is 15.7. The zero-order valence-corrected chi connectivity index (χ0v) is 10.8. The Kier molecular flexibility index (Phi) is 4.53. The Labute approximate surface area is 112 Å². The summed E-state index contributed by atoms with van der Waals surface area (Å²) < 4.78 is 13.6. The highest BCUT2D eigenvalue weighted by molar-refractivity contribution is 5.93. The van der Waals surface area contributed by atoms with Gasteiger partial charge in [-0.05, 0) is 31.0 Å². The third kappa shape index (κ3) is 3.33. The summed E-state index contributed by atoms with van der Waals surface area (Å²) in [5.41, 5.74) is 6.30. The van der Waals surface area contributed by atoms with Gasteiger partial charge in [0.25, 0.3) is 0 Å². The standard InChI is InChI=1S/C15H17FN2O/c16-14-8-7-13(11-12(14)5-4-9-17)18-10-3-1-2-6-15(18)19/h7-8,11H,1-3,6,9-10,17H2. The topological polar surface area (TPSA) is 46.3 Å². The Morgan fingerprint density at radius 3 is 2.95 bits per heavy atom. The number of benzene rings is 1. The molecule has 3 nitrogen and oxygen atoms in total. The van der Waals surface area contributed by atoms with Crippen LogP contribution in [-0.4, -0.2) is 19.0 Å². The number of carbonyl (C=O) groups excluding carboxylic acids is 1. The first kappa shape index (κ1) is 13.6. The maximum Gasteiger partial charge on any atom is 0.226 e. The van der Waals surface area contributed by atoms with E-state index in [1.807, 2.05) is 0 Å². The minimum absolute atomic E-state index is 0.0989. The van der Waals surface area contributed by atoms with E-state index in [-0.39, 0.29) is 18.3 Å². The molecule has 1 aliphatic rings. The second kappa shape index (κ2) is 6.35. The number of amides is 1. The number of anilines is 1. The predicted octanol–water partition coefficient (Wildman–Crippen LogP) is 2.04. The maximum absolute atomic E-state index is 13.6. The van der Waals surface area contributed by atoms with Crippen LogP contribution in [0.3, 0.4) is 0 Å². The number of hydrogen-bond acceptors (Lipinski definition) is 2. The van der Waals surface area contributed by atoms with E-state index >= 15 is 0 Å². The SMILES string of the molecule is NCC#Cc1cc(N2CCCCCC2=O)ccc1F. The van der Waals surface area contributed by atoms with Gasteiger partial charge in [-0.1, -0.05) is 18.3 Å². The molecule has 1 amide bonds. The first-order valence-corrected chi connectivity index (χ1v) is 6.51. The highest BCUT2D eigenvalue weighted by Crippen LogP contribution is 2.22. The molecule has 1 aromatic carbocycles. The van der Waals surface area contributed by atoms with Gasteiger partial charge in [-0.15, -0.1) is 0 Å². The largest absolute Gasteiger partial charge is 0.320 e. The number of nitrogens with zero attached hydrogens (tertiary/aromatic N) is 1. The van der Waals surface area contributed by atoms with Crippen LogP contribution in [0, 0.1) is 17.7 Å². The Bertz CT molecular complexity index is 531. The van der Waals surface area contributed by atoms with Crippen LogP contribution in [0.25, 0.3) is 0 Å². The van der Waals surface area contributed by atoms with E-state index in [0.29, 0.717) is 18.5 Å². The third-order valence-electron chi connectivity index (χ3n) is 3.16. The Hall–Kier alpha value is -1.86. The van der Waals surface area contributed by atoms with Crippen molar-refractivity contribution in [3.05, 3.63) is 29.6 Å². The monoisotopic (exact) mass is 260 g/mol. The van der Waals surface area contributed by atoms with E-state index in [2.05, 4.69) is 11.8 Å². The first-order valence-electron chi connectivity index (χ1n) is 6.51. The average Bonchev–Trinajstić information content (AvgIpc) is 2.63. The van der Waals surface area contributed by atoms with Gasteiger partial charge in [-0.25, -0.2) is 4.39 Å². The van der Waals surface area contributed by atoms with E-state index in [0.717, 1.165) is 24.9 Å². The van der Waals surface area contributed by atoms with Gasteiger partial charge in [-0.2, -0.15) is 0 Å². The zero-order chi connectivity index (χ0) is 13.7. The van der Waals surface area contributed by atoms with Crippen LogP contribution in [0.5, 0.6) is 0 Å². The molecule has 0 bridgehead atoms. The lowest BCUT2D eigenvalue weighted by molar-refractivity contribution is -0.118. The molecule has 1 saturated heterocycles. The van der Waals surface area contributed by atoms with E-state index in [9.17, 15) is 9.18 Å². The molecule has 0 spiro atoms. The van der Waals surface area contributed by atoms with E-state index in [1.54, 1.807) is 17.0 Å². The van der Waals surface area contributed by atoms with Crippen LogP contribution < -0.4 is 10.6 Å². The highest BCUT2D eigenvalue weighted by Gasteiger charge is 2.18. The molecule has 2 N–H and O–H groups in total. The van der Waals surface area contributed by atoms with E-state index in [4.69, 9.17) is 5.73 Å². The molecule has 1 fully saturated rings. The van der Waals surface area contributed by atoms with Gasteiger partial charge in [0, 0.05) is 18.7 Å². The van der Waals surface area contributed by atoms with Crippen LogP contribution >= 0.6 is 0 Å². The summed E-state index contributed by atoms with van der Waals surface area (Å²) in [7, 11) is 0. The van der Waals surface area contributed by atoms with Gasteiger partial charge in [0.2, 0.25) is 5.91 Å². The summed E-state index contributed by atoms with van der Waals surface area (Å²) >= 11 is 0. The quantitative estimate of drug-likeness (QED) is 0.785. The first-order chi connectivity index (χ1) is 9.22. The summed E-state index contributed by atoms with van der Waals surface area (Å²) in [6.07, 6.45) is 3.52. The molecule has 4 heteroatoms. The van der Waals surface area contributed by atoms with Crippen molar-refractivity contribution < 1.29 is 9.18 Å². The number of hydrogen-bond donors (Lipinski definition) is 1. The molecule has 0 aromatic heterocycles. The van der Waals surface area contributed by atoms with Gasteiger partial charge in [0.1, 0.15) is 5.82 Å². The van der Waals surface area contributed by atoms with Crippen molar-refractivity contribution in [1.29, 1.82) is 0 Å². The van der Waals surface area contributed by atoms with Gasteiger partial charge in [-0.3, -0.25) is 4.79 Å². The highest BCUT2D eigenvalue weighted by atomic mass is 19.1. The number of nitrogens with two attached hydrogens (primary N) is 1. The van der Waals surface area contributed by atoms with Crippen molar-refractivity contribution in [1.82, 2.24) is 0 Å². The number of rotatable bonds is 1. The average molecular weight is 260 g/mol. The summed E-state index contributed by atoms with van der Waals surface area (Å²) in [6, 6.07) is 4.61. The van der Waals surface area contributed by atoms with Crippen LogP contribution in [0.1, 0.15) is 31.2 Å². The summed E-state index contributed by atoms with van der Waals surface area (Å²) in [5.74, 6) is 5.04. The fraction of sp³-hybridized carbons (Fsp3) is 0.400. The lowest BCUT2D eigenvalue weighted by atomic mass is 10.1. The maximum atomic E-state index is 13.6. The number of halogens is 1. The van der Waals surface area contributed by atoms with Crippen molar-refractivity contribution in [2.24, 2.45) is 5.73 Å². The third-order valence-corrected chi connectivity index (χ3v) is 3.16. The molecular weight excluding hydrogens is 243 g/mol. The molecule has 0 saturated carbocycles. The Balaban J connectivity index is 2.31. The minimum atomic E-state index is -0.382. The molecule has 19 heavy (non-hydrogen) atoms. The van der Waals surface area contributed by atoms with Crippen molar-refractivity contribution in [2.75, 3.05) is 18.0 Å². The lowest BCUT2D eigenvalue weighted by Gasteiger charge is -2.20. The van der Waals surface area contributed by atoms with Gasteiger partial charge >= 0.3 is 0 Å². The molecule has 1 heterocycles. The summed E-state index contributed by atoms with van der Waals surface area (Å²) in [4.78, 5) is 13.7. The lowest BCUT2D eigenvalue weighted by Crippen LogP contribution is -2.30. The van der Waals surface area contributed by atoms with Crippen molar-refractivity contribution in [2.45, 2.75) is 25.7 Å². The Morgan fingerprint density at radius 1 is 1.32 bits per heavy atom. The van der Waals surface area contributed by atoms with Crippen molar-refractivity contribution in [3.63, 3.8) is 0 Å². The molecule has 0 radical (unpaired) electrons. The van der Waals surface area contributed by atoms with E-state index in [1.165, 1.54) is 6.07 Å².